The van der Waals surface area contributed by atoms with Gasteiger partial charge in [0.05, 0.1) is 42.0 Å². The average Bonchev–Trinajstić information content (AvgIpc) is 3.45. The van der Waals surface area contributed by atoms with E-state index in [2.05, 4.69) is 41.5 Å². The van der Waals surface area contributed by atoms with Gasteiger partial charge in [-0.3, -0.25) is 9.78 Å². The van der Waals surface area contributed by atoms with Crippen LogP contribution in [0.3, 0.4) is 0 Å². The van der Waals surface area contributed by atoms with Gasteiger partial charge in [-0.05, 0) is 19.1 Å². The van der Waals surface area contributed by atoms with Gasteiger partial charge in [-0.25, -0.2) is 4.52 Å². The van der Waals surface area contributed by atoms with Crippen molar-refractivity contribution in [2.75, 3.05) is 23.3 Å². The highest BCUT2D eigenvalue weighted by molar-refractivity contribution is 5.72. The average molecular weight is 440 g/mol. The quantitative estimate of drug-likeness (QED) is 0.449. The zero-order valence-corrected chi connectivity index (χ0v) is 16.9. The fraction of sp³-hybridized carbons (Fsp3) is 0.316. The van der Waals surface area contributed by atoms with Crippen molar-refractivity contribution in [2.45, 2.75) is 25.5 Å². The van der Waals surface area contributed by atoms with Gasteiger partial charge < -0.3 is 15.0 Å². The first-order valence-electron chi connectivity index (χ1n) is 9.72. The monoisotopic (exact) mass is 440 g/mol. The third kappa shape index (κ3) is 3.35. The molecular formula is C19H18F2N10O. The van der Waals surface area contributed by atoms with E-state index in [1.54, 1.807) is 16.9 Å². The van der Waals surface area contributed by atoms with Gasteiger partial charge in [-0.15, -0.1) is 5.10 Å². The molecule has 0 bridgehead atoms. The molecule has 0 amide bonds. The summed E-state index contributed by atoms with van der Waals surface area (Å²) in [6.45, 7) is -0.169. The van der Waals surface area contributed by atoms with E-state index < -0.39 is 12.2 Å². The minimum absolute atomic E-state index is 0.0411. The molecule has 164 valence electrons. The van der Waals surface area contributed by atoms with Gasteiger partial charge in [-0.1, -0.05) is 0 Å². The lowest BCUT2D eigenvalue weighted by Gasteiger charge is -2.50. The predicted octanol–water partition coefficient (Wildman–Crippen LogP) is 2.43. The van der Waals surface area contributed by atoms with Gasteiger partial charge in [0.2, 0.25) is 5.95 Å². The van der Waals surface area contributed by atoms with Crippen LogP contribution in [0.25, 0.3) is 5.65 Å². The van der Waals surface area contributed by atoms with E-state index in [0.717, 1.165) is 17.1 Å². The molecule has 0 spiro atoms. The molecule has 0 aliphatic carbocycles. The fourth-order valence-electron chi connectivity index (χ4n) is 3.85. The van der Waals surface area contributed by atoms with Crippen LogP contribution in [0.15, 0.2) is 36.9 Å². The lowest BCUT2D eigenvalue weighted by molar-refractivity contribution is -0.0500. The topological polar surface area (TPSA) is 125 Å². The van der Waals surface area contributed by atoms with Crippen molar-refractivity contribution < 1.29 is 13.5 Å². The molecule has 4 aromatic rings. The van der Waals surface area contributed by atoms with Gasteiger partial charge in [0, 0.05) is 25.5 Å². The molecule has 11 nitrogen and oxygen atoms in total. The number of nitrogens with zero attached hydrogens (tertiary/aromatic N) is 8. The standard InChI is InChI=1S/C19H18F2N10O/c1-12-14(8-23-27-12)25-18-26-16-15(3-2-6-30(16)28-18)29-10-19(11-29,4-5-22)31-9-13(7-24-31)32-17(20)21/h2-3,6-9,17H,4,10-11H2,1H3,(H,23,27)(H,25,28). The van der Waals surface area contributed by atoms with Crippen LogP contribution in [-0.4, -0.2) is 54.3 Å². The summed E-state index contributed by atoms with van der Waals surface area (Å²) in [5.41, 5.74) is 2.40. The minimum Gasteiger partial charge on any atom is -0.431 e. The molecule has 4 aromatic heterocycles. The second kappa shape index (κ2) is 7.49. The second-order valence-electron chi connectivity index (χ2n) is 7.52. The zero-order valence-electron chi connectivity index (χ0n) is 16.9. The van der Waals surface area contributed by atoms with Gasteiger partial charge in [0.1, 0.15) is 5.54 Å². The van der Waals surface area contributed by atoms with Gasteiger partial charge in [0.15, 0.2) is 11.4 Å². The molecule has 2 N–H and O–H groups in total. The van der Waals surface area contributed by atoms with Gasteiger partial charge in [0.25, 0.3) is 0 Å². The fourth-order valence-corrected chi connectivity index (χ4v) is 3.85. The first-order chi connectivity index (χ1) is 15.5. The SMILES string of the molecule is Cc1n[nH]cc1Nc1nc2c(N3CC(CC#N)(n4cc(OC(F)F)cn4)C3)cccn2n1. The minimum atomic E-state index is -2.93. The van der Waals surface area contributed by atoms with E-state index >= 15 is 0 Å². The number of nitrogens with one attached hydrogen (secondary N) is 2. The van der Waals surface area contributed by atoms with Gasteiger partial charge in [-0.2, -0.15) is 29.2 Å². The molecule has 0 saturated carbocycles. The largest absolute Gasteiger partial charge is 0.431 e. The van der Waals surface area contributed by atoms with Crippen molar-refractivity contribution in [2.24, 2.45) is 0 Å². The van der Waals surface area contributed by atoms with E-state index in [-0.39, 0.29) is 12.2 Å². The number of nitriles is 1. The number of rotatable bonds is 7. The van der Waals surface area contributed by atoms with Gasteiger partial charge >= 0.3 is 6.61 Å². The van der Waals surface area contributed by atoms with E-state index in [1.807, 2.05) is 24.0 Å². The number of aromatic nitrogens is 7. The van der Waals surface area contributed by atoms with Crippen LogP contribution in [0.1, 0.15) is 12.1 Å². The van der Waals surface area contributed by atoms with Crippen LogP contribution in [0.2, 0.25) is 0 Å². The predicted molar refractivity (Wildman–Crippen MR) is 109 cm³/mol. The Hall–Kier alpha value is -4.21. The van der Waals surface area contributed by atoms with Crippen molar-refractivity contribution in [3.63, 3.8) is 0 Å². The third-order valence-corrected chi connectivity index (χ3v) is 5.41. The number of ether oxygens (including phenoxy) is 1. The van der Waals surface area contributed by atoms with Crippen LogP contribution in [0.5, 0.6) is 5.75 Å². The second-order valence-corrected chi connectivity index (χ2v) is 7.52. The van der Waals surface area contributed by atoms with E-state index in [9.17, 15) is 14.0 Å². The van der Waals surface area contributed by atoms with Crippen LogP contribution in [0, 0.1) is 18.3 Å². The highest BCUT2D eigenvalue weighted by Crippen LogP contribution is 2.38. The summed E-state index contributed by atoms with van der Waals surface area (Å²) >= 11 is 0. The molecule has 13 heteroatoms. The van der Waals surface area contributed by atoms with Crippen molar-refractivity contribution in [3.8, 4) is 11.8 Å². The molecular weight excluding hydrogens is 422 g/mol. The smallest absolute Gasteiger partial charge is 0.387 e. The molecule has 32 heavy (non-hydrogen) atoms. The third-order valence-electron chi connectivity index (χ3n) is 5.41. The molecule has 5 rings (SSSR count). The van der Waals surface area contributed by atoms with Crippen LogP contribution >= 0.6 is 0 Å². The molecule has 0 atom stereocenters. The number of alkyl halides is 2. The number of hydrogen-bond acceptors (Lipinski definition) is 8. The summed E-state index contributed by atoms with van der Waals surface area (Å²) in [5, 5.41) is 28.0. The maximum Gasteiger partial charge on any atom is 0.387 e. The molecule has 1 aliphatic heterocycles. The Labute approximate surface area is 180 Å². The maximum atomic E-state index is 12.5. The van der Waals surface area contributed by atoms with Crippen molar-refractivity contribution >= 4 is 23.0 Å². The first kappa shape index (κ1) is 19.7. The number of fused-ring (bicyclic) bond motifs is 1. The summed E-state index contributed by atoms with van der Waals surface area (Å²) in [6, 6.07) is 5.95. The molecule has 1 saturated heterocycles. The number of aryl methyl sites for hydroxylation is 1. The Kier molecular flexibility index (Phi) is 4.62. The van der Waals surface area contributed by atoms with Crippen molar-refractivity contribution in [3.05, 3.63) is 42.6 Å². The highest BCUT2D eigenvalue weighted by atomic mass is 19.3. The molecule has 0 aromatic carbocycles. The Morgan fingerprint density at radius 3 is 2.97 bits per heavy atom. The summed E-state index contributed by atoms with van der Waals surface area (Å²) in [5.74, 6) is 0.382. The Morgan fingerprint density at radius 1 is 1.41 bits per heavy atom. The Morgan fingerprint density at radius 2 is 2.25 bits per heavy atom. The summed E-state index contributed by atoms with van der Waals surface area (Å²) in [4.78, 5) is 6.65. The van der Waals surface area contributed by atoms with E-state index in [4.69, 9.17) is 0 Å². The Bertz CT molecular complexity index is 1300. The lowest BCUT2D eigenvalue weighted by atomic mass is 9.86. The van der Waals surface area contributed by atoms with E-state index in [1.165, 1.54) is 17.1 Å². The van der Waals surface area contributed by atoms with Crippen LogP contribution < -0.4 is 15.0 Å². The first-order valence-corrected chi connectivity index (χ1v) is 9.72. The number of H-pyrrole nitrogens is 1. The summed E-state index contributed by atoms with van der Waals surface area (Å²) < 4.78 is 32.6. The number of pyridine rings is 1. The number of anilines is 3. The Balaban J connectivity index is 1.40. The van der Waals surface area contributed by atoms with Crippen molar-refractivity contribution in [1.29, 1.82) is 5.26 Å². The molecule has 1 aliphatic rings. The van der Waals surface area contributed by atoms with Crippen LogP contribution in [-0.2, 0) is 5.54 Å². The molecule has 0 radical (unpaired) electrons. The maximum absolute atomic E-state index is 12.5. The number of halogens is 2. The van der Waals surface area contributed by atoms with Crippen LogP contribution in [0.4, 0.5) is 26.1 Å². The summed E-state index contributed by atoms with van der Waals surface area (Å²) in [6.07, 6.45) is 6.31. The number of hydrogen-bond donors (Lipinski definition) is 2. The molecule has 1 fully saturated rings. The molecule has 5 heterocycles. The zero-order chi connectivity index (χ0) is 22.3. The number of aromatic amines is 1. The van der Waals surface area contributed by atoms with E-state index in [0.29, 0.717) is 24.7 Å². The summed E-state index contributed by atoms with van der Waals surface area (Å²) in [7, 11) is 0. The highest BCUT2D eigenvalue weighted by Gasteiger charge is 2.46. The molecule has 0 unspecified atom stereocenters. The normalized spacial score (nSPS) is 15.0. The lowest BCUT2D eigenvalue weighted by Crippen LogP contribution is -2.63. The van der Waals surface area contributed by atoms with Crippen molar-refractivity contribution in [1.82, 2.24) is 34.6 Å².